The lowest BCUT2D eigenvalue weighted by atomic mass is 10.2. The number of nitrogens with zero attached hydrogens (tertiary/aromatic N) is 2. The molecule has 1 heterocycles. The number of hydrogen-bond donors (Lipinski definition) is 1. The molecule has 0 spiro atoms. The third-order valence-electron chi connectivity index (χ3n) is 3.35. The third kappa shape index (κ3) is 4.49. The van der Waals surface area contributed by atoms with Crippen molar-refractivity contribution in [3.05, 3.63) is 89.1 Å². The molecule has 126 valence electrons. The van der Waals surface area contributed by atoms with E-state index in [1.807, 2.05) is 48.5 Å². The monoisotopic (exact) mass is 353 g/mol. The molecule has 0 aliphatic carbocycles. The average Bonchev–Trinajstić information content (AvgIpc) is 2.64. The van der Waals surface area contributed by atoms with Crippen molar-refractivity contribution in [3.63, 3.8) is 0 Å². The van der Waals surface area contributed by atoms with Crippen molar-refractivity contribution in [1.29, 1.82) is 0 Å². The number of para-hydroxylation sites is 1. The van der Waals surface area contributed by atoms with Crippen LogP contribution in [0.4, 0.5) is 0 Å². The molecule has 0 aliphatic rings. The van der Waals surface area contributed by atoms with Crippen LogP contribution in [0.2, 0.25) is 5.02 Å². The fourth-order valence-corrected chi connectivity index (χ4v) is 2.29. The molecule has 2 aromatic carbocycles. The number of amidine groups is 1. The van der Waals surface area contributed by atoms with Crippen LogP contribution in [0.1, 0.15) is 11.1 Å². The third-order valence-corrected chi connectivity index (χ3v) is 3.71. The smallest absolute Gasteiger partial charge is 0.230 e. The Labute approximate surface area is 150 Å². The Kier molecular flexibility index (Phi) is 5.49. The number of oxime groups is 1. The van der Waals surface area contributed by atoms with E-state index >= 15 is 0 Å². The number of nitrogens with two attached hydrogens (primary N) is 1. The maximum atomic E-state index is 6.08. The van der Waals surface area contributed by atoms with Crippen LogP contribution in [0.15, 0.2) is 78.1 Å². The van der Waals surface area contributed by atoms with E-state index in [4.69, 9.17) is 26.9 Å². The predicted molar refractivity (Wildman–Crippen MR) is 97.7 cm³/mol. The fraction of sp³-hybridized carbons (Fsp3) is 0.0526. The first-order chi connectivity index (χ1) is 12.2. The van der Waals surface area contributed by atoms with Gasteiger partial charge in [0.25, 0.3) is 0 Å². The van der Waals surface area contributed by atoms with E-state index in [0.29, 0.717) is 22.2 Å². The quantitative estimate of drug-likeness (QED) is 0.406. The van der Waals surface area contributed by atoms with Gasteiger partial charge < -0.3 is 15.3 Å². The molecule has 0 atom stereocenters. The summed E-state index contributed by atoms with van der Waals surface area (Å²) in [5.74, 6) is 1.19. The van der Waals surface area contributed by atoms with Gasteiger partial charge in [0, 0.05) is 16.8 Å². The van der Waals surface area contributed by atoms with Crippen molar-refractivity contribution in [3.8, 4) is 11.6 Å². The van der Waals surface area contributed by atoms with E-state index in [0.717, 1.165) is 5.56 Å². The van der Waals surface area contributed by atoms with Gasteiger partial charge in [-0.1, -0.05) is 53.2 Å². The average molecular weight is 354 g/mol. The van der Waals surface area contributed by atoms with Gasteiger partial charge in [0.05, 0.1) is 5.56 Å². The highest BCUT2D eigenvalue weighted by Crippen LogP contribution is 2.22. The minimum Gasteiger partial charge on any atom is -0.438 e. The number of ether oxygens (including phenoxy) is 1. The molecule has 3 rings (SSSR count). The first-order valence-corrected chi connectivity index (χ1v) is 7.99. The molecule has 3 aromatic rings. The molecule has 0 saturated heterocycles. The van der Waals surface area contributed by atoms with Crippen LogP contribution in [0, 0.1) is 0 Å². The summed E-state index contributed by atoms with van der Waals surface area (Å²) >= 11 is 6.08. The van der Waals surface area contributed by atoms with Crippen LogP contribution in [-0.4, -0.2) is 10.8 Å². The summed E-state index contributed by atoms with van der Waals surface area (Å²) in [5, 5.41) is 4.57. The first kappa shape index (κ1) is 16.8. The number of halogens is 1. The molecular formula is C19H16ClN3O2. The van der Waals surface area contributed by atoms with Gasteiger partial charge in [0.1, 0.15) is 12.4 Å². The molecule has 0 fully saturated rings. The molecular weight excluding hydrogens is 338 g/mol. The molecule has 25 heavy (non-hydrogen) atoms. The molecule has 0 aliphatic heterocycles. The number of benzene rings is 2. The van der Waals surface area contributed by atoms with Crippen molar-refractivity contribution >= 4 is 17.4 Å². The van der Waals surface area contributed by atoms with Gasteiger partial charge in [-0.2, -0.15) is 0 Å². The second-order valence-corrected chi connectivity index (χ2v) is 5.52. The molecule has 0 bridgehead atoms. The van der Waals surface area contributed by atoms with Gasteiger partial charge in [-0.25, -0.2) is 4.98 Å². The second-order valence-electron chi connectivity index (χ2n) is 5.11. The van der Waals surface area contributed by atoms with Crippen LogP contribution in [0.25, 0.3) is 0 Å². The lowest BCUT2D eigenvalue weighted by Gasteiger charge is -2.09. The Hall–Kier alpha value is -3.05. The minimum absolute atomic E-state index is 0.172. The van der Waals surface area contributed by atoms with Crippen molar-refractivity contribution < 1.29 is 9.57 Å². The lowest BCUT2D eigenvalue weighted by molar-refractivity contribution is 0.130. The van der Waals surface area contributed by atoms with Gasteiger partial charge in [-0.3, -0.25) is 0 Å². The summed E-state index contributed by atoms with van der Waals surface area (Å²) in [4.78, 5) is 9.53. The summed E-state index contributed by atoms with van der Waals surface area (Å²) < 4.78 is 5.77. The van der Waals surface area contributed by atoms with E-state index in [1.54, 1.807) is 24.4 Å². The van der Waals surface area contributed by atoms with Crippen LogP contribution in [0.3, 0.4) is 0 Å². The van der Waals surface area contributed by atoms with Crippen molar-refractivity contribution in [2.45, 2.75) is 6.61 Å². The van der Waals surface area contributed by atoms with Crippen LogP contribution in [0.5, 0.6) is 11.6 Å². The standard InChI is InChI=1S/C19H16ClN3O2/c20-17-11-5-4-7-14(17)13-24-23-18(21)16-10-6-12-22-19(16)25-15-8-2-1-3-9-15/h1-12H,13H2,(H2,21,23). The molecule has 0 radical (unpaired) electrons. The number of pyridine rings is 1. The number of rotatable bonds is 6. The molecule has 5 nitrogen and oxygen atoms in total. The highest BCUT2D eigenvalue weighted by Gasteiger charge is 2.10. The van der Waals surface area contributed by atoms with Gasteiger partial charge >= 0.3 is 0 Å². The summed E-state index contributed by atoms with van der Waals surface area (Å²) in [7, 11) is 0. The summed E-state index contributed by atoms with van der Waals surface area (Å²) in [6.07, 6.45) is 1.62. The zero-order valence-electron chi connectivity index (χ0n) is 13.3. The zero-order valence-corrected chi connectivity index (χ0v) is 14.1. The maximum absolute atomic E-state index is 6.08. The van der Waals surface area contributed by atoms with Crippen LogP contribution in [-0.2, 0) is 11.4 Å². The van der Waals surface area contributed by atoms with Gasteiger partial charge in [-0.05, 0) is 30.3 Å². The normalized spacial score (nSPS) is 11.2. The van der Waals surface area contributed by atoms with E-state index in [-0.39, 0.29) is 12.4 Å². The predicted octanol–water partition coefficient (Wildman–Crippen LogP) is 4.36. The van der Waals surface area contributed by atoms with Crippen molar-refractivity contribution in [2.24, 2.45) is 10.9 Å². The summed E-state index contributed by atoms with van der Waals surface area (Å²) in [5.41, 5.74) is 7.40. The second kappa shape index (κ2) is 8.17. The SMILES string of the molecule is N/C(=N/OCc1ccccc1Cl)c1cccnc1Oc1ccccc1. The maximum Gasteiger partial charge on any atom is 0.230 e. The summed E-state index contributed by atoms with van der Waals surface area (Å²) in [6, 6.07) is 20.2. The molecule has 0 saturated carbocycles. The topological polar surface area (TPSA) is 69.7 Å². The Bertz CT molecular complexity index is 869. The molecule has 2 N–H and O–H groups in total. The lowest BCUT2D eigenvalue weighted by Crippen LogP contribution is -2.15. The molecule has 0 unspecified atom stereocenters. The van der Waals surface area contributed by atoms with Crippen molar-refractivity contribution in [2.75, 3.05) is 0 Å². The van der Waals surface area contributed by atoms with Crippen LogP contribution >= 0.6 is 11.6 Å². The zero-order chi connectivity index (χ0) is 17.5. The highest BCUT2D eigenvalue weighted by atomic mass is 35.5. The first-order valence-electron chi connectivity index (χ1n) is 7.61. The molecule has 1 aromatic heterocycles. The van der Waals surface area contributed by atoms with E-state index < -0.39 is 0 Å². The number of hydrogen-bond acceptors (Lipinski definition) is 4. The highest BCUT2D eigenvalue weighted by molar-refractivity contribution is 6.31. The summed E-state index contributed by atoms with van der Waals surface area (Å²) in [6.45, 7) is 0.218. The fourth-order valence-electron chi connectivity index (χ4n) is 2.10. The Balaban J connectivity index is 1.73. The van der Waals surface area contributed by atoms with Gasteiger partial charge in [0.15, 0.2) is 5.84 Å². The Morgan fingerprint density at radius 3 is 2.56 bits per heavy atom. The Morgan fingerprint density at radius 1 is 1.00 bits per heavy atom. The molecule has 0 amide bonds. The van der Waals surface area contributed by atoms with Crippen molar-refractivity contribution in [1.82, 2.24) is 4.98 Å². The van der Waals surface area contributed by atoms with E-state index in [1.165, 1.54) is 0 Å². The van der Waals surface area contributed by atoms with Gasteiger partial charge in [0.2, 0.25) is 5.88 Å². The largest absolute Gasteiger partial charge is 0.438 e. The number of aromatic nitrogens is 1. The Morgan fingerprint density at radius 2 is 1.76 bits per heavy atom. The van der Waals surface area contributed by atoms with Crippen LogP contribution < -0.4 is 10.5 Å². The van der Waals surface area contributed by atoms with Gasteiger partial charge in [-0.15, -0.1) is 0 Å². The minimum atomic E-state index is 0.172. The van der Waals surface area contributed by atoms with E-state index in [9.17, 15) is 0 Å². The molecule has 6 heteroatoms. The van der Waals surface area contributed by atoms with E-state index in [2.05, 4.69) is 10.1 Å².